The lowest BCUT2D eigenvalue weighted by molar-refractivity contribution is 0.658. The Morgan fingerprint density at radius 3 is 3.08 bits per heavy atom. The molecule has 0 radical (unpaired) electrons. The van der Waals surface area contributed by atoms with E-state index in [-0.39, 0.29) is 0 Å². The number of hydrogen-bond donors (Lipinski definition) is 1. The molecule has 1 atom stereocenters. The average molecular weight is 194 g/mol. The third-order valence-corrected chi connectivity index (χ3v) is 3.63. The minimum absolute atomic E-state index is 0.676. The molecule has 3 heteroatoms. The van der Waals surface area contributed by atoms with Gasteiger partial charge in [0.15, 0.2) is 0 Å². The predicted octanol–water partition coefficient (Wildman–Crippen LogP) is 2.27. The first kappa shape index (κ1) is 8.88. The van der Waals surface area contributed by atoms with Crippen molar-refractivity contribution in [2.24, 2.45) is 0 Å². The number of nitrogens with zero attached hydrogens (tertiary/aromatic N) is 1. The third kappa shape index (κ3) is 2.15. The molecule has 1 aromatic rings. The van der Waals surface area contributed by atoms with Crippen LogP contribution in [0, 0.1) is 0 Å². The van der Waals surface area contributed by atoms with Crippen LogP contribution >= 0.6 is 11.8 Å². The van der Waals surface area contributed by atoms with Crippen LogP contribution < -0.4 is 5.73 Å². The lowest BCUT2D eigenvalue weighted by Gasteiger charge is -2.21. The summed E-state index contributed by atoms with van der Waals surface area (Å²) in [4.78, 5) is 4.13. The Labute approximate surface area is 82.9 Å². The second-order valence-electron chi connectivity index (χ2n) is 3.47. The van der Waals surface area contributed by atoms with Crippen molar-refractivity contribution in [3.63, 3.8) is 0 Å². The fourth-order valence-corrected chi connectivity index (χ4v) is 2.88. The van der Waals surface area contributed by atoms with Crippen molar-refractivity contribution in [2.45, 2.75) is 18.8 Å². The van der Waals surface area contributed by atoms with Crippen LogP contribution in [0.5, 0.6) is 0 Å². The fraction of sp³-hybridized carbons (Fsp3) is 0.500. The van der Waals surface area contributed by atoms with Crippen LogP contribution in [0.3, 0.4) is 0 Å². The van der Waals surface area contributed by atoms with Crippen LogP contribution in [0.25, 0.3) is 0 Å². The minimum Gasteiger partial charge on any atom is -0.397 e. The molecule has 2 heterocycles. The largest absolute Gasteiger partial charge is 0.397 e. The maximum atomic E-state index is 5.70. The van der Waals surface area contributed by atoms with Gasteiger partial charge in [-0.3, -0.25) is 4.98 Å². The van der Waals surface area contributed by atoms with Crippen molar-refractivity contribution in [2.75, 3.05) is 17.2 Å². The first-order valence-corrected chi connectivity index (χ1v) is 5.80. The maximum Gasteiger partial charge on any atom is 0.0503 e. The van der Waals surface area contributed by atoms with Gasteiger partial charge in [0.05, 0.1) is 5.69 Å². The first-order chi connectivity index (χ1) is 6.36. The van der Waals surface area contributed by atoms with Crippen molar-refractivity contribution in [3.05, 3.63) is 24.0 Å². The standard InChI is InChI=1S/C10H14N2S/c11-10-4-9(5-12-6-10)8-2-1-3-13-7-8/h4-6,8H,1-3,7,11H2. The normalized spacial score (nSPS) is 22.9. The molecular weight excluding hydrogens is 180 g/mol. The number of pyridine rings is 1. The van der Waals surface area contributed by atoms with E-state index in [2.05, 4.69) is 11.1 Å². The first-order valence-electron chi connectivity index (χ1n) is 4.64. The zero-order chi connectivity index (χ0) is 9.10. The molecule has 0 amide bonds. The van der Waals surface area contributed by atoms with Crippen molar-refractivity contribution in [1.29, 1.82) is 0 Å². The zero-order valence-electron chi connectivity index (χ0n) is 7.57. The zero-order valence-corrected chi connectivity index (χ0v) is 8.39. The van der Waals surface area contributed by atoms with E-state index in [0.717, 1.165) is 5.69 Å². The fourth-order valence-electron chi connectivity index (χ4n) is 1.70. The summed E-state index contributed by atoms with van der Waals surface area (Å²) in [6, 6.07) is 2.06. The van der Waals surface area contributed by atoms with Gasteiger partial charge in [-0.15, -0.1) is 0 Å². The smallest absolute Gasteiger partial charge is 0.0503 e. The van der Waals surface area contributed by atoms with Crippen LogP contribution in [0.2, 0.25) is 0 Å². The molecule has 13 heavy (non-hydrogen) atoms. The molecule has 2 rings (SSSR count). The van der Waals surface area contributed by atoms with Gasteiger partial charge in [0.2, 0.25) is 0 Å². The van der Waals surface area contributed by atoms with E-state index < -0.39 is 0 Å². The number of anilines is 1. The Morgan fingerprint density at radius 1 is 1.46 bits per heavy atom. The van der Waals surface area contributed by atoms with E-state index in [0.29, 0.717) is 5.92 Å². The number of nitrogens with two attached hydrogens (primary N) is 1. The van der Waals surface area contributed by atoms with Gasteiger partial charge in [0.25, 0.3) is 0 Å². The topological polar surface area (TPSA) is 38.9 Å². The molecule has 1 aliphatic rings. The highest BCUT2D eigenvalue weighted by Gasteiger charge is 2.15. The molecule has 2 N–H and O–H groups in total. The van der Waals surface area contributed by atoms with Crippen LogP contribution in [0.15, 0.2) is 18.5 Å². The molecule has 1 aliphatic heterocycles. The molecule has 0 saturated carbocycles. The molecule has 2 nitrogen and oxygen atoms in total. The van der Waals surface area contributed by atoms with Crippen molar-refractivity contribution < 1.29 is 0 Å². The maximum absolute atomic E-state index is 5.70. The number of nitrogen functional groups attached to an aromatic ring is 1. The molecule has 1 unspecified atom stereocenters. The van der Waals surface area contributed by atoms with E-state index >= 15 is 0 Å². The lowest BCUT2D eigenvalue weighted by Crippen LogP contribution is -2.09. The van der Waals surface area contributed by atoms with Crippen LogP contribution in [-0.2, 0) is 0 Å². The van der Waals surface area contributed by atoms with Crippen LogP contribution in [0.1, 0.15) is 24.3 Å². The summed E-state index contributed by atoms with van der Waals surface area (Å²) in [5.41, 5.74) is 7.79. The van der Waals surface area contributed by atoms with Gasteiger partial charge in [-0.2, -0.15) is 11.8 Å². The van der Waals surface area contributed by atoms with Gasteiger partial charge in [-0.1, -0.05) is 0 Å². The summed E-state index contributed by atoms with van der Waals surface area (Å²) in [5.74, 6) is 3.21. The number of rotatable bonds is 1. The Kier molecular flexibility index (Phi) is 2.74. The van der Waals surface area contributed by atoms with E-state index in [1.54, 1.807) is 6.20 Å². The third-order valence-electron chi connectivity index (χ3n) is 2.41. The number of hydrogen-bond acceptors (Lipinski definition) is 3. The molecule has 1 saturated heterocycles. The van der Waals surface area contributed by atoms with Crippen molar-refractivity contribution >= 4 is 17.4 Å². The van der Waals surface area contributed by atoms with Gasteiger partial charge < -0.3 is 5.73 Å². The van der Waals surface area contributed by atoms with Gasteiger partial charge >= 0.3 is 0 Å². The summed E-state index contributed by atoms with van der Waals surface area (Å²) in [5, 5.41) is 0. The molecule has 70 valence electrons. The Bertz CT molecular complexity index is 282. The molecule has 1 fully saturated rings. The Hall–Kier alpha value is -0.700. The summed E-state index contributed by atoms with van der Waals surface area (Å²) in [6.45, 7) is 0. The van der Waals surface area contributed by atoms with Crippen molar-refractivity contribution in [3.8, 4) is 0 Å². The number of thioether (sulfide) groups is 1. The minimum atomic E-state index is 0.676. The van der Waals surface area contributed by atoms with Crippen molar-refractivity contribution in [1.82, 2.24) is 4.98 Å². The van der Waals surface area contributed by atoms with Gasteiger partial charge in [0.1, 0.15) is 0 Å². The molecule has 0 aromatic carbocycles. The van der Waals surface area contributed by atoms with E-state index in [9.17, 15) is 0 Å². The number of aromatic nitrogens is 1. The highest BCUT2D eigenvalue weighted by Crippen LogP contribution is 2.31. The predicted molar refractivity (Wildman–Crippen MR) is 57.9 cm³/mol. The Balaban J connectivity index is 2.14. The van der Waals surface area contributed by atoms with Crippen LogP contribution in [0.4, 0.5) is 5.69 Å². The van der Waals surface area contributed by atoms with E-state index in [4.69, 9.17) is 5.73 Å². The molecule has 0 bridgehead atoms. The highest BCUT2D eigenvalue weighted by atomic mass is 32.2. The van der Waals surface area contributed by atoms with Gasteiger partial charge in [-0.05, 0) is 36.1 Å². The highest BCUT2D eigenvalue weighted by molar-refractivity contribution is 7.99. The lowest BCUT2D eigenvalue weighted by atomic mass is 9.97. The summed E-state index contributed by atoms with van der Waals surface area (Å²) < 4.78 is 0. The van der Waals surface area contributed by atoms with E-state index in [1.165, 1.54) is 29.9 Å². The van der Waals surface area contributed by atoms with Gasteiger partial charge in [0, 0.05) is 18.1 Å². The van der Waals surface area contributed by atoms with E-state index in [1.807, 2.05) is 18.0 Å². The summed E-state index contributed by atoms with van der Waals surface area (Å²) in [7, 11) is 0. The second kappa shape index (κ2) is 4.01. The average Bonchev–Trinajstić information content (AvgIpc) is 2.19. The molecule has 0 spiro atoms. The van der Waals surface area contributed by atoms with Gasteiger partial charge in [-0.25, -0.2) is 0 Å². The summed E-state index contributed by atoms with van der Waals surface area (Å²) in [6.07, 6.45) is 6.27. The summed E-state index contributed by atoms with van der Waals surface area (Å²) >= 11 is 2.04. The second-order valence-corrected chi connectivity index (χ2v) is 4.62. The quantitative estimate of drug-likeness (QED) is 0.745. The monoisotopic (exact) mass is 194 g/mol. The van der Waals surface area contributed by atoms with Crippen LogP contribution in [-0.4, -0.2) is 16.5 Å². The SMILES string of the molecule is Nc1cncc(C2CCCSC2)c1. The molecule has 0 aliphatic carbocycles. The molecule has 1 aromatic heterocycles. The Morgan fingerprint density at radius 2 is 2.38 bits per heavy atom. The molecular formula is C10H14N2S.